The number of nitrogens with zero attached hydrogens (tertiary/aromatic N) is 5. The molecule has 3 unspecified atom stereocenters. The lowest BCUT2D eigenvalue weighted by Crippen LogP contribution is -2.52. The zero-order chi connectivity index (χ0) is 22.3. The molecule has 8 nitrogen and oxygen atoms in total. The topological polar surface area (TPSA) is 79.6 Å². The summed E-state index contributed by atoms with van der Waals surface area (Å²) in [5, 5.41) is 15.6. The Morgan fingerprint density at radius 1 is 1.21 bits per heavy atom. The summed E-state index contributed by atoms with van der Waals surface area (Å²) in [6.07, 6.45) is 4.71. The van der Waals surface area contributed by atoms with Crippen LogP contribution in [0.3, 0.4) is 0 Å². The van der Waals surface area contributed by atoms with E-state index in [1.54, 1.807) is 0 Å². The molecule has 4 rings (SSSR count). The fourth-order valence-electron chi connectivity index (χ4n) is 4.50. The fraction of sp³-hybridized carbons (Fsp3) is 0.625. The van der Waals surface area contributed by atoms with E-state index in [0.29, 0.717) is 18.6 Å². The van der Waals surface area contributed by atoms with Crippen molar-refractivity contribution in [3.8, 4) is 0 Å². The molecule has 2 N–H and O–H groups in total. The van der Waals surface area contributed by atoms with Gasteiger partial charge in [-0.05, 0) is 45.1 Å². The number of likely N-dealkylation sites (tertiary alicyclic amines) is 1. The summed E-state index contributed by atoms with van der Waals surface area (Å²) in [4.78, 5) is 7.41. The van der Waals surface area contributed by atoms with Crippen molar-refractivity contribution in [3.05, 3.63) is 47.5 Å². The summed E-state index contributed by atoms with van der Waals surface area (Å²) in [6.45, 7) is 8.53. The molecule has 33 heavy (non-hydrogen) atoms. The predicted molar refractivity (Wildman–Crippen MR) is 142 cm³/mol. The number of hydrogen-bond acceptors (Lipinski definition) is 5. The van der Waals surface area contributed by atoms with E-state index in [2.05, 4.69) is 63.0 Å². The van der Waals surface area contributed by atoms with Gasteiger partial charge in [0.2, 0.25) is 0 Å². The number of rotatable bonds is 7. The van der Waals surface area contributed by atoms with Crippen molar-refractivity contribution in [1.82, 2.24) is 30.3 Å². The van der Waals surface area contributed by atoms with Gasteiger partial charge in [0.05, 0.1) is 6.10 Å². The van der Waals surface area contributed by atoms with Crippen LogP contribution < -0.4 is 10.6 Å². The molecule has 2 saturated heterocycles. The number of guanidine groups is 1. The van der Waals surface area contributed by atoms with Crippen molar-refractivity contribution < 1.29 is 4.74 Å². The minimum Gasteiger partial charge on any atom is -0.376 e. The SMILES string of the molecule is Cc1nnc(CN=C(NCC2CCCO2)NC2CCN(Cc3ccccc3)C(C)C2)n1C.I. The van der Waals surface area contributed by atoms with Gasteiger partial charge in [0.15, 0.2) is 11.8 Å². The lowest BCUT2D eigenvalue weighted by atomic mass is 9.97. The van der Waals surface area contributed by atoms with Gasteiger partial charge in [-0.15, -0.1) is 34.2 Å². The molecule has 2 aromatic rings. The van der Waals surface area contributed by atoms with Gasteiger partial charge in [0, 0.05) is 45.4 Å². The highest BCUT2D eigenvalue weighted by Gasteiger charge is 2.26. The molecule has 2 aliphatic heterocycles. The van der Waals surface area contributed by atoms with Gasteiger partial charge in [0.1, 0.15) is 12.4 Å². The van der Waals surface area contributed by atoms with E-state index in [1.165, 1.54) is 5.56 Å². The maximum atomic E-state index is 5.79. The van der Waals surface area contributed by atoms with Gasteiger partial charge in [0.25, 0.3) is 0 Å². The maximum Gasteiger partial charge on any atom is 0.192 e. The Morgan fingerprint density at radius 2 is 2.03 bits per heavy atom. The fourth-order valence-corrected chi connectivity index (χ4v) is 4.50. The van der Waals surface area contributed by atoms with Gasteiger partial charge >= 0.3 is 0 Å². The Labute approximate surface area is 214 Å². The minimum absolute atomic E-state index is 0. The van der Waals surface area contributed by atoms with Crippen molar-refractivity contribution in [2.75, 3.05) is 19.7 Å². The summed E-state index contributed by atoms with van der Waals surface area (Å²) in [7, 11) is 1.98. The third-order valence-corrected chi connectivity index (χ3v) is 6.67. The van der Waals surface area contributed by atoms with Crippen LogP contribution in [-0.2, 0) is 24.9 Å². The first-order chi connectivity index (χ1) is 15.6. The minimum atomic E-state index is 0. The van der Waals surface area contributed by atoms with E-state index in [0.717, 1.165) is 69.5 Å². The van der Waals surface area contributed by atoms with Crippen molar-refractivity contribution in [3.63, 3.8) is 0 Å². The number of benzene rings is 1. The summed E-state index contributed by atoms with van der Waals surface area (Å²) in [5.74, 6) is 2.61. The second-order valence-corrected chi connectivity index (χ2v) is 9.07. The number of aryl methyl sites for hydroxylation is 1. The van der Waals surface area contributed by atoms with Gasteiger partial charge in [-0.2, -0.15) is 0 Å². The molecule has 182 valence electrons. The lowest BCUT2D eigenvalue weighted by Gasteiger charge is -2.38. The molecule has 0 radical (unpaired) electrons. The zero-order valence-electron chi connectivity index (χ0n) is 20.0. The number of aromatic nitrogens is 3. The van der Waals surface area contributed by atoms with E-state index < -0.39 is 0 Å². The second-order valence-electron chi connectivity index (χ2n) is 9.07. The normalized spacial score (nSPS) is 23.8. The van der Waals surface area contributed by atoms with Gasteiger partial charge in [-0.1, -0.05) is 30.3 Å². The van der Waals surface area contributed by atoms with Crippen molar-refractivity contribution >= 4 is 29.9 Å². The number of hydrogen-bond donors (Lipinski definition) is 2. The highest BCUT2D eigenvalue weighted by atomic mass is 127. The van der Waals surface area contributed by atoms with Gasteiger partial charge in [-0.3, -0.25) is 4.90 Å². The first kappa shape index (κ1) is 25.9. The van der Waals surface area contributed by atoms with Crippen molar-refractivity contribution in [1.29, 1.82) is 0 Å². The maximum absolute atomic E-state index is 5.79. The van der Waals surface area contributed by atoms with Gasteiger partial charge in [-0.25, -0.2) is 4.99 Å². The summed E-state index contributed by atoms with van der Waals surface area (Å²) < 4.78 is 7.78. The summed E-state index contributed by atoms with van der Waals surface area (Å²) in [6, 6.07) is 11.7. The molecule has 0 spiro atoms. The summed E-state index contributed by atoms with van der Waals surface area (Å²) in [5.41, 5.74) is 1.38. The van der Waals surface area contributed by atoms with Crippen molar-refractivity contribution in [2.45, 2.75) is 70.8 Å². The molecule has 3 atom stereocenters. The molecule has 2 aliphatic rings. The van der Waals surface area contributed by atoms with Crippen LogP contribution >= 0.6 is 24.0 Å². The molecular weight excluding hydrogens is 529 g/mol. The zero-order valence-corrected chi connectivity index (χ0v) is 22.4. The number of aliphatic imine (C=N–C) groups is 1. The van der Waals surface area contributed by atoms with Crippen LogP contribution in [0.4, 0.5) is 0 Å². The second kappa shape index (κ2) is 12.7. The first-order valence-corrected chi connectivity index (χ1v) is 11.9. The third kappa shape index (κ3) is 7.38. The standard InChI is InChI=1S/C24H37N7O.HI/c1-18-14-21(11-12-31(18)17-20-8-5-4-6-9-20)27-24(25-15-22-10-7-13-32-22)26-16-23-29-28-19(2)30(23)3;/h4-6,8-9,18,21-22H,7,10-17H2,1-3H3,(H2,25,26,27);1H. The largest absolute Gasteiger partial charge is 0.376 e. The molecule has 0 bridgehead atoms. The molecule has 0 aliphatic carbocycles. The Hall–Kier alpha value is -1.72. The first-order valence-electron chi connectivity index (χ1n) is 11.9. The van der Waals surface area contributed by atoms with E-state index in [4.69, 9.17) is 9.73 Å². The molecule has 3 heterocycles. The molecule has 0 saturated carbocycles. The number of piperidine rings is 1. The Morgan fingerprint density at radius 3 is 2.70 bits per heavy atom. The molecule has 1 aromatic heterocycles. The molecule has 9 heteroatoms. The highest BCUT2D eigenvalue weighted by Crippen LogP contribution is 2.20. The van der Waals surface area contributed by atoms with Crippen LogP contribution in [0.5, 0.6) is 0 Å². The van der Waals surface area contributed by atoms with E-state index in [9.17, 15) is 0 Å². The third-order valence-electron chi connectivity index (χ3n) is 6.67. The van der Waals surface area contributed by atoms with E-state index in [1.807, 2.05) is 18.5 Å². The van der Waals surface area contributed by atoms with Crippen LogP contribution in [-0.4, -0.2) is 63.5 Å². The Balaban J connectivity index is 0.00000306. The van der Waals surface area contributed by atoms with Gasteiger partial charge < -0.3 is 19.9 Å². The highest BCUT2D eigenvalue weighted by molar-refractivity contribution is 14.0. The number of halogens is 1. The quantitative estimate of drug-likeness (QED) is 0.305. The predicted octanol–water partition coefficient (Wildman–Crippen LogP) is 3.01. The number of ether oxygens (including phenoxy) is 1. The van der Waals surface area contributed by atoms with Crippen LogP contribution in [0.2, 0.25) is 0 Å². The average molecular weight is 568 g/mol. The Bertz CT molecular complexity index is 882. The van der Waals surface area contributed by atoms with Crippen LogP contribution in [0.1, 0.15) is 49.8 Å². The average Bonchev–Trinajstić information content (AvgIpc) is 3.43. The molecule has 0 amide bonds. The number of nitrogens with one attached hydrogen (secondary N) is 2. The molecule has 2 fully saturated rings. The van der Waals surface area contributed by atoms with E-state index in [-0.39, 0.29) is 30.1 Å². The van der Waals surface area contributed by atoms with Crippen LogP contribution in [0, 0.1) is 6.92 Å². The summed E-state index contributed by atoms with van der Waals surface area (Å²) >= 11 is 0. The molecular formula is C24H38IN7O. The Kier molecular flexibility index (Phi) is 9.94. The monoisotopic (exact) mass is 567 g/mol. The van der Waals surface area contributed by atoms with Crippen molar-refractivity contribution in [2.24, 2.45) is 12.0 Å². The van der Waals surface area contributed by atoms with Crippen LogP contribution in [0.25, 0.3) is 0 Å². The molecule has 1 aromatic carbocycles. The lowest BCUT2D eigenvalue weighted by molar-refractivity contribution is 0.113. The smallest absolute Gasteiger partial charge is 0.192 e. The van der Waals surface area contributed by atoms with E-state index >= 15 is 0 Å². The van der Waals surface area contributed by atoms with Crippen LogP contribution in [0.15, 0.2) is 35.3 Å².